The van der Waals surface area contributed by atoms with E-state index in [1.807, 2.05) is 0 Å². The number of carbonyl (C=O) groups is 2. The molecule has 2 aromatic carbocycles. The summed E-state index contributed by atoms with van der Waals surface area (Å²) < 4.78 is 52.5. The van der Waals surface area contributed by atoms with Crippen LogP contribution in [0.1, 0.15) is 25.3 Å². The fourth-order valence-electron chi connectivity index (χ4n) is 2.32. The van der Waals surface area contributed by atoms with Crippen LogP contribution in [-0.2, 0) is 19.6 Å². The van der Waals surface area contributed by atoms with Crippen LogP contribution in [0.5, 0.6) is 0 Å². The third-order valence-electron chi connectivity index (χ3n) is 3.96. The molecule has 0 radical (unpaired) electrons. The summed E-state index contributed by atoms with van der Waals surface area (Å²) in [6.07, 6.45) is 0.127. The number of rotatable bonds is 8. The van der Waals surface area contributed by atoms with Gasteiger partial charge in [0.15, 0.2) is 11.6 Å². The molecule has 2 aromatic rings. The van der Waals surface area contributed by atoms with Crippen molar-refractivity contribution in [1.29, 1.82) is 0 Å². The minimum absolute atomic E-state index is 0.169. The summed E-state index contributed by atoms with van der Waals surface area (Å²) in [6, 6.07) is 7.24. The SMILES string of the molecule is CCC(=O)Nc1ccc(C)c(NC(=O)CCNS(=O)(=O)c2ccc(F)c(F)c2)c1. The summed E-state index contributed by atoms with van der Waals surface area (Å²) >= 11 is 0. The molecule has 0 spiro atoms. The number of aryl methyl sites for hydroxylation is 1. The molecule has 2 rings (SSSR count). The number of hydrogen-bond acceptors (Lipinski definition) is 4. The van der Waals surface area contributed by atoms with Crippen LogP contribution in [0.3, 0.4) is 0 Å². The first-order chi connectivity index (χ1) is 13.6. The Balaban J connectivity index is 1.95. The minimum Gasteiger partial charge on any atom is -0.326 e. The van der Waals surface area contributed by atoms with E-state index in [0.29, 0.717) is 29.9 Å². The Morgan fingerprint density at radius 3 is 2.34 bits per heavy atom. The molecular weight excluding hydrogens is 404 g/mol. The van der Waals surface area contributed by atoms with Gasteiger partial charge in [0, 0.05) is 30.8 Å². The first-order valence-electron chi connectivity index (χ1n) is 8.77. The monoisotopic (exact) mass is 425 g/mol. The number of halogens is 2. The second-order valence-corrected chi connectivity index (χ2v) is 7.97. The van der Waals surface area contributed by atoms with E-state index >= 15 is 0 Å². The van der Waals surface area contributed by atoms with E-state index in [1.54, 1.807) is 32.0 Å². The molecule has 0 aliphatic heterocycles. The Morgan fingerprint density at radius 1 is 0.966 bits per heavy atom. The predicted molar refractivity (Wildman–Crippen MR) is 105 cm³/mol. The lowest BCUT2D eigenvalue weighted by molar-refractivity contribution is -0.116. The van der Waals surface area contributed by atoms with E-state index in [4.69, 9.17) is 0 Å². The zero-order chi connectivity index (χ0) is 21.6. The summed E-state index contributed by atoms with van der Waals surface area (Å²) in [4.78, 5) is 23.2. The molecule has 0 fully saturated rings. The second kappa shape index (κ2) is 9.57. The van der Waals surface area contributed by atoms with E-state index in [1.165, 1.54) is 0 Å². The lowest BCUT2D eigenvalue weighted by atomic mass is 10.1. The summed E-state index contributed by atoms with van der Waals surface area (Å²) in [5.41, 5.74) is 1.76. The largest absolute Gasteiger partial charge is 0.326 e. The number of hydrogen-bond donors (Lipinski definition) is 3. The average molecular weight is 425 g/mol. The van der Waals surface area contributed by atoms with Crippen molar-refractivity contribution in [1.82, 2.24) is 4.72 Å². The van der Waals surface area contributed by atoms with Crippen molar-refractivity contribution in [3.8, 4) is 0 Å². The van der Waals surface area contributed by atoms with Crippen LogP contribution >= 0.6 is 0 Å². The van der Waals surface area contributed by atoms with E-state index < -0.39 is 32.5 Å². The van der Waals surface area contributed by atoms with Gasteiger partial charge in [0.25, 0.3) is 0 Å². The number of nitrogens with one attached hydrogen (secondary N) is 3. The van der Waals surface area contributed by atoms with Crippen molar-refractivity contribution in [2.75, 3.05) is 17.2 Å². The summed E-state index contributed by atoms with van der Waals surface area (Å²) in [5.74, 6) is -3.06. The smallest absolute Gasteiger partial charge is 0.240 e. The molecule has 0 saturated heterocycles. The Hall–Kier alpha value is -2.85. The Labute approximate surface area is 167 Å². The number of sulfonamides is 1. The molecule has 0 unspecified atom stereocenters. The van der Waals surface area contributed by atoms with Crippen molar-refractivity contribution < 1.29 is 26.8 Å². The van der Waals surface area contributed by atoms with Crippen LogP contribution in [0, 0.1) is 18.6 Å². The lowest BCUT2D eigenvalue weighted by Crippen LogP contribution is -2.28. The third-order valence-corrected chi connectivity index (χ3v) is 5.42. The van der Waals surface area contributed by atoms with Gasteiger partial charge >= 0.3 is 0 Å². The molecule has 0 aliphatic carbocycles. The number of benzene rings is 2. The Kier molecular flexibility index (Phi) is 7.40. The fraction of sp³-hybridized carbons (Fsp3) is 0.263. The average Bonchev–Trinajstić information content (AvgIpc) is 2.66. The van der Waals surface area contributed by atoms with Crippen molar-refractivity contribution >= 4 is 33.2 Å². The molecule has 29 heavy (non-hydrogen) atoms. The molecule has 10 heteroatoms. The van der Waals surface area contributed by atoms with Gasteiger partial charge in [-0.15, -0.1) is 0 Å². The van der Waals surface area contributed by atoms with Gasteiger partial charge in [-0.25, -0.2) is 21.9 Å². The molecule has 0 bridgehead atoms. The lowest BCUT2D eigenvalue weighted by Gasteiger charge is -2.12. The van der Waals surface area contributed by atoms with Gasteiger partial charge in [-0.05, 0) is 42.8 Å². The predicted octanol–water partition coefficient (Wildman–Crippen LogP) is 2.93. The van der Waals surface area contributed by atoms with E-state index in [0.717, 1.165) is 11.6 Å². The Bertz CT molecular complexity index is 1030. The zero-order valence-corrected chi connectivity index (χ0v) is 16.7. The molecule has 2 amide bonds. The molecule has 0 saturated carbocycles. The second-order valence-electron chi connectivity index (χ2n) is 6.20. The van der Waals surface area contributed by atoms with Gasteiger partial charge in [-0.2, -0.15) is 0 Å². The standard InChI is InChI=1S/C19H21F2N3O4S/c1-3-18(25)23-13-5-4-12(2)17(10-13)24-19(26)8-9-22-29(27,28)14-6-7-15(20)16(21)11-14/h4-7,10-11,22H,3,8-9H2,1-2H3,(H,23,25)(H,24,26). The maximum atomic E-state index is 13.2. The highest BCUT2D eigenvalue weighted by Crippen LogP contribution is 2.21. The van der Waals surface area contributed by atoms with Crippen molar-refractivity contribution in [3.05, 3.63) is 53.6 Å². The quantitative estimate of drug-likeness (QED) is 0.605. The molecule has 0 heterocycles. The number of carbonyl (C=O) groups excluding carboxylic acids is 2. The van der Waals surface area contributed by atoms with Crippen LogP contribution in [0.2, 0.25) is 0 Å². The molecule has 0 atom stereocenters. The van der Waals surface area contributed by atoms with Gasteiger partial charge in [-0.1, -0.05) is 13.0 Å². The van der Waals surface area contributed by atoms with E-state index in [-0.39, 0.29) is 18.9 Å². The summed E-state index contributed by atoms with van der Waals surface area (Å²) in [5, 5.41) is 5.33. The highest BCUT2D eigenvalue weighted by molar-refractivity contribution is 7.89. The van der Waals surface area contributed by atoms with E-state index in [9.17, 15) is 26.8 Å². The zero-order valence-electron chi connectivity index (χ0n) is 15.9. The van der Waals surface area contributed by atoms with E-state index in [2.05, 4.69) is 15.4 Å². The minimum atomic E-state index is -4.08. The van der Waals surface area contributed by atoms with Crippen LogP contribution in [-0.4, -0.2) is 26.8 Å². The molecule has 156 valence electrons. The molecular formula is C19H21F2N3O4S. The topological polar surface area (TPSA) is 104 Å². The van der Waals surface area contributed by atoms with Gasteiger partial charge in [0.2, 0.25) is 21.8 Å². The fourth-order valence-corrected chi connectivity index (χ4v) is 3.37. The van der Waals surface area contributed by atoms with Gasteiger partial charge < -0.3 is 10.6 Å². The third kappa shape index (κ3) is 6.33. The van der Waals surface area contributed by atoms with Gasteiger partial charge in [0.1, 0.15) is 0 Å². The van der Waals surface area contributed by atoms with Crippen LogP contribution in [0.4, 0.5) is 20.2 Å². The van der Waals surface area contributed by atoms with Crippen molar-refractivity contribution in [2.24, 2.45) is 0 Å². The summed E-state index contributed by atoms with van der Waals surface area (Å²) in [7, 11) is -4.08. The summed E-state index contributed by atoms with van der Waals surface area (Å²) in [6.45, 7) is 3.25. The highest BCUT2D eigenvalue weighted by atomic mass is 32.2. The molecule has 7 nitrogen and oxygen atoms in total. The van der Waals surface area contributed by atoms with Gasteiger partial charge in [0.05, 0.1) is 4.90 Å². The first kappa shape index (κ1) is 22.4. The van der Waals surface area contributed by atoms with Crippen LogP contribution in [0.15, 0.2) is 41.3 Å². The van der Waals surface area contributed by atoms with Crippen molar-refractivity contribution in [3.63, 3.8) is 0 Å². The first-order valence-corrected chi connectivity index (χ1v) is 10.3. The highest BCUT2D eigenvalue weighted by Gasteiger charge is 2.17. The molecule has 0 aromatic heterocycles. The molecule has 0 aliphatic rings. The maximum absolute atomic E-state index is 13.2. The van der Waals surface area contributed by atoms with Gasteiger partial charge in [-0.3, -0.25) is 9.59 Å². The van der Waals surface area contributed by atoms with Crippen LogP contribution < -0.4 is 15.4 Å². The molecule has 3 N–H and O–H groups in total. The van der Waals surface area contributed by atoms with Crippen LogP contribution in [0.25, 0.3) is 0 Å². The maximum Gasteiger partial charge on any atom is 0.240 e. The number of anilines is 2. The Morgan fingerprint density at radius 2 is 1.69 bits per heavy atom. The normalized spacial score (nSPS) is 11.2. The number of amides is 2. The van der Waals surface area contributed by atoms with Crippen molar-refractivity contribution in [2.45, 2.75) is 31.6 Å².